The highest BCUT2D eigenvalue weighted by molar-refractivity contribution is 6.14. The Morgan fingerprint density at radius 2 is 1.75 bits per heavy atom. The number of nitrogens with zero attached hydrogens (tertiary/aromatic N) is 1. The maximum atomic E-state index is 13.6. The summed E-state index contributed by atoms with van der Waals surface area (Å²) < 4.78 is 55.5. The zero-order valence-corrected chi connectivity index (χ0v) is 14.6. The van der Waals surface area contributed by atoms with Crippen LogP contribution < -0.4 is 4.74 Å². The van der Waals surface area contributed by atoms with Gasteiger partial charge >= 0.3 is 18.1 Å². The first-order chi connectivity index (χ1) is 13.3. The molecule has 1 N–H and O–H groups in total. The van der Waals surface area contributed by atoms with Crippen LogP contribution in [0.3, 0.4) is 0 Å². The summed E-state index contributed by atoms with van der Waals surface area (Å²) in [5.74, 6) is -2.79. The van der Waals surface area contributed by atoms with Crippen LogP contribution in [0.1, 0.15) is 26.4 Å². The first-order valence-electron chi connectivity index (χ1n) is 7.79. The van der Waals surface area contributed by atoms with Crippen LogP contribution in [0.15, 0.2) is 36.5 Å². The number of methoxy groups -OCH3 is 2. The molecule has 2 aromatic heterocycles. The van der Waals surface area contributed by atoms with Crippen LogP contribution in [0.5, 0.6) is 11.6 Å². The van der Waals surface area contributed by atoms with Crippen molar-refractivity contribution in [3.63, 3.8) is 0 Å². The lowest BCUT2D eigenvalue weighted by molar-refractivity contribution is -0.138. The van der Waals surface area contributed by atoms with E-state index in [1.165, 1.54) is 18.3 Å². The van der Waals surface area contributed by atoms with Crippen molar-refractivity contribution in [2.24, 2.45) is 0 Å². The number of benzene rings is 1. The number of hydrogen-bond donors (Lipinski definition) is 1. The van der Waals surface area contributed by atoms with Crippen molar-refractivity contribution in [3.05, 3.63) is 53.3 Å². The number of pyridine rings is 1. The Labute approximate surface area is 156 Å². The molecule has 0 saturated carbocycles. The van der Waals surface area contributed by atoms with E-state index < -0.39 is 35.0 Å². The number of fused-ring (bicyclic) bond motifs is 1. The molecule has 28 heavy (non-hydrogen) atoms. The fourth-order valence-corrected chi connectivity index (χ4v) is 2.66. The van der Waals surface area contributed by atoms with Gasteiger partial charge in [0.2, 0.25) is 5.88 Å². The number of nitrogens with one attached hydrogen (secondary N) is 1. The third-order valence-corrected chi connectivity index (χ3v) is 3.85. The molecule has 2 heterocycles. The van der Waals surface area contributed by atoms with E-state index in [-0.39, 0.29) is 22.5 Å². The molecule has 1 aromatic carbocycles. The van der Waals surface area contributed by atoms with Crippen LogP contribution in [0, 0.1) is 0 Å². The first kappa shape index (κ1) is 19.2. The Kier molecular flexibility index (Phi) is 4.95. The van der Waals surface area contributed by atoms with E-state index in [0.29, 0.717) is 0 Å². The van der Waals surface area contributed by atoms with Gasteiger partial charge in [0.15, 0.2) is 5.75 Å². The van der Waals surface area contributed by atoms with E-state index in [9.17, 15) is 22.8 Å². The fraction of sp³-hybridized carbons (Fsp3) is 0.167. The second kappa shape index (κ2) is 7.22. The van der Waals surface area contributed by atoms with Gasteiger partial charge in [0.05, 0.1) is 30.7 Å². The Bertz CT molecular complexity index is 1040. The Hall–Kier alpha value is -3.56. The van der Waals surface area contributed by atoms with E-state index >= 15 is 0 Å². The van der Waals surface area contributed by atoms with Crippen molar-refractivity contribution in [2.75, 3.05) is 14.2 Å². The van der Waals surface area contributed by atoms with E-state index in [4.69, 9.17) is 4.74 Å². The Balaban J connectivity index is 2.39. The predicted molar refractivity (Wildman–Crippen MR) is 90.3 cm³/mol. The molecule has 0 aliphatic carbocycles. The molecule has 0 aliphatic heterocycles. The number of carbonyl (C=O) groups excluding carboxylic acids is 2. The van der Waals surface area contributed by atoms with Crippen LogP contribution in [-0.4, -0.2) is 36.1 Å². The standard InChI is InChI=1S/C18H13F3N2O5/c1-26-16(24)13-12-10(23-14(13)17(25)27-2)7-6-9(18(19,20)21)15(12)28-11-5-3-4-8-22-11/h3-8,23H,1-2H3. The normalized spacial score (nSPS) is 11.3. The van der Waals surface area contributed by atoms with E-state index in [1.807, 2.05) is 0 Å². The first-order valence-corrected chi connectivity index (χ1v) is 7.79. The number of aromatic nitrogens is 2. The van der Waals surface area contributed by atoms with E-state index in [2.05, 4.69) is 19.4 Å². The zero-order chi connectivity index (χ0) is 20.5. The number of alkyl halides is 3. The summed E-state index contributed by atoms with van der Waals surface area (Å²) in [6.07, 6.45) is -3.46. The van der Waals surface area contributed by atoms with Crippen LogP contribution in [0.25, 0.3) is 10.9 Å². The quantitative estimate of drug-likeness (QED) is 0.674. The average Bonchev–Trinajstić information content (AvgIpc) is 3.07. The number of halogens is 3. The predicted octanol–water partition coefficient (Wildman–Crippen LogP) is 3.95. The number of rotatable bonds is 4. The molecule has 3 aromatic rings. The molecule has 0 radical (unpaired) electrons. The van der Waals surface area contributed by atoms with Crippen molar-refractivity contribution in [3.8, 4) is 11.6 Å². The van der Waals surface area contributed by atoms with Crippen molar-refractivity contribution >= 4 is 22.8 Å². The zero-order valence-electron chi connectivity index (χ0n) is 14.6. The molecule has 7 nitrogen and oxygen atoms in total. The summed E-state index contributed by atoms with van der Waals surface area (Å²) in [5.41, 5.74) is -1.87. The van der Waals surface area contributed by atoms with E-state index in [1.54, 1.807) is 6.07 Å². The van der Waals surface area contributed by atoms with Gasteiger partial charge in [-0.2, -0.15) is 13.2 Å². The minimum absolute atomic E-state index is 0.0553. The molecule has 146 valence electrons. The van der Waals surface area contributed by atoms with Crippen molar-refractivity contribution in [2.45, 2.75) is 6.18 Å². The molecule has 0 unspecified atom stereocenters. The third kappa shape index (κ3) is 3.36. The van der Waals surface area contributed by atoms with Crippen LogP contribution in [-0.2, 0) is 15.7 Å². The molecule has 0 aliphatic rings. The molecule has 0 amide bonds. The number of carbonyl (C=O) groups is 2. The second-order valence-electron chi connectivity index (χ2n) is 5.49. The van der Waals surface area contributed by atoms with E-state index in [0.717, 1.165) is 26.4 Å². The van der Waals surface area contributed by atoms with Crippen molar-refractivity contribution in [1.29, 1.82) is 0 Å². The maximum absolute atomic E-state index is 13.6. The van der Waals surface area contributed by atoms with Crippen LogP contribution in [0.2, 0.25) is 0 Å². The molecule has 0 saturated heterocycles. The molecule has 0 atom stereocenters. The topological polar surface area (TPSA) is 90.5 Å². The lowest BCUT2D eigenvalue weighted by atomic mass is 10.1. The summed E-state index contributed by atoms with van der Waals surface area (Å²) in [5, 5.41) is -0.271. The van der Waals surface area contributed by atoms with Gasteiger partial charge in [0.25, 0.3) is 0 Å². The fourth-order valence-electron chi connectivity index (χ4n) is 2.66. The van der Waals surface area contributed by atoms with Crippen LogP contribution in [0.4, 0.5) is 13.2 Å². The van der Waals surface area contributed by atoms with Gasteiger partial charge in [0.1, 0.15) is 11.3 Å². The van der Waals surface area contributed by atoms with Gasteiger partial charge in [-0.05, 0) is 18.2 Å². The lowest BCUT2D eigenvalue weighted by Gasteiger charge is -2.15. The smallest absolute Gasteiger partial charge is 0.420 e. The summed E-state index contributed by atoms with van der Waals surface area (Å²) in [7, 11) is 2.11. The van der Waals surface area contributed by atoms with Gasteiger partial charge in [-0.3, -0.25) is 0 Å². The molecule has 10 heteroatoms. The molecular formula is C18H13F3N2O5. The van der Waals surface area contributed by atoms with Crippen molar-refractivity contribution < 1.29 is 37.0 Å². The molecule has 0 fully saturated rings. The number of esters is 2. The minimum atomic E-state index is -4.80. The lowest BCUT2D eigenvalue weighted by Crippen LogP contribution is -2.12. The summed E-state index contributed by atoms with van der Waals surface area (Å²) in [6.45, 7) is 0. The average molecular weight is 394 g/mol. The highest BCUT2D eigenvalue weighted by Crippen LogP contribution is 2.44. The largest absolute Gasteiger partial charge is 0.465 e. The molecule has 0 bridgehead atoms. The Morgan fingerprint density at radius 1 is 1.04 bits per heavy atom. The number of aromatic amines is 1. The second-order valence-corrected chi connectivity index (χ2v) is 5.49. The van der Waals surface area contributed by atoms with Gasteiger partial charge in [0, 0.05) is 12.3 Å². The summed E-state index contributed by atoms with van der Waals surface area (Å²) in [6, 6.07) is 6.30. The maximum Gasteiger partial charge on any atom is 0.420 e. The van der Waals surface area contributed by atoms with Crippen molar-refractivity contribution in [1.82, 2.24) is 9.97 Å². The van der Waals surface area contributed by atoms with Crippen LogP contribution >= 0.6 is 0 Å². The van der Waals surface area contributed by atoms with Gasteiger partial charge in [-0.1, -0.05) is 6.07 Å². The number of H-pyrrole nitrogens is 1. The SMILES string of the molecule is COC(=O)c1[nH]c2ccc(C(F)(F)F)c(Oc3ccccn3)c2c1C(=O)OC. The van der Waals surface area contributed by atoms with Gasteiger partial charge in [-0.25, -0.2) is 14.6 Å². The highest BCUT2D eigenvalue weighted by atomic mass is 19.4. The van der Waals surface area contributed by atoms with Gasteiger partial charge in [-0.15, -0.1) is 0 Å². The summed E-state index contributed by atoms with van der Waals surface area (Å²) >= 11 is 0. The number of ether oxygens (including phenoxy) is 3. The highest BCUT2D eigenvalue weighted by Gasteiger charge is 2.38. The molecule has 0 spiro atoms. The number of hydrogen-bond acceptors (Lipinski definition) is 6. The van der Waals surface area contributed by atoms with Gasteiger partial charge < -0.3 is 19.2 Å². The molecule has 3 rings (SSSR count). The molecular weight excluding hydrogens is 381 g/mol. The summed E-state index contributed by atoms with van der Waals surface area (Å²) in [4.78, 5) is 30.8. The third-order valence-electron chi connectivity index (χ3n) is 3.85. The minimum Gasteiger partial charge on any atom is -0.465 e. The Morgan fingerprint density at radius 3 is 2.32 bits per heavy atom. The monoisotopic (exact) mass is 394 g/mol.